The molecule has 3 heterocycles. The van der Waals surface area contributed by atoms with Crippen LogP contribution in [0.2, 0.25) is 0 Å². The van der Waals surface area contributed by atoms with Crippen molar-refractivity contribution < 1.29 is 14.4 Å². The fraction of sp³-hybridized carbons (Fsp3) is 0.267. The molecule has 5 nitrogen and oxygen atoms in total. The summed E-state index contributed by atoms with van der Waals surface area (Å²) in [6, 6.07) is 8.51. The maximum Gasteiger partial charge on any atom is 0.240 e. The third kappa shape index (κ3) is 1.29. The van der Waals surface area contributed by atoms with Crippen molar-refractivity contribution >= 4 is 23.4 Å². The Balaban J connectivity index is 1.79. The van der Waals surface area contributed by atoms with Crippen molar-refractivity contribution in [1.82, 2.24) is 5.32 Å². The van der Waals surface area contributed by atoms with Gasteiger partial charge in [0.25, 0.3) is 0 Å². The van der Waals surface area contributed by atoms with Crippen LogP contribution in [0, 0.1) is 17.8 Å². The van der Waals surface area contributed by atoms with E-state index in [0.29, 0.717) is 5.69 Å². The van der Waals surface area contributed by atoms with Gasteiger partial charge in [-0.25, -0.2) is 4.90 Å². The number of fused-ring (bicyclic) bond motifs is 1. The number of hydrogen-bond donors (Lipinski definition) is 1. The van der Waals surface area contributed by atoms with Crippen LogP contribution in [-0.2, 0) is 14.4 Å². The van der Waals surface area contributed by atoms with Crippen molar-refractivity contribution in [3.05, 3.63) is 42.5 Å². The Kier molecular flexibility index (Phi) is 2.16. The number of carbonyl (C=O) groups is 3. The maximum atomic E-state index is 12.6. The molecule has 20 heavy (non-hydrogen) atoms. The summed E-state index contributed by atoms with van der Waals surface area (Å²) in [5.41, 5.74) is 0.573. The Labute approximate surface area is 115 Å². The zero-order valence-corrected chi connectivity index (χ0v) is 10.5. The number of piperidine rings is 1. The molecule has 100 valence electrons. The van der Waals surface area contributed by atoms with Gasteiger partial charge in [0.05, 0.1) is 29.5 Å². The minimum Gasteiger partial charge on any atom is -0.349 e. The number of nitrogens with one attached hydrogen (secondary N) is 1. The van der Waals surface area contributed by atoms with Crippen LogP contribution >= 0.6 is 0 Å². The third-order valence-electron chi connectivity index (χ3n) is 4.32. The predicted octanol–water partition coefficient (Wildman–Crippen LogP) is 0.477. The zero-order valence-electron chi connectivity index (χ0n) is 10.5. The van der Waals surface area contributed by atoms with E-state index in [1.165, 1.54) is 4.90 Å². The zero-order chi connectivity index (χ0) is 13.9. The summed E-state index contributed by atoms with van der Waals surface area (Å²) in [5.74, 6) is -2.17. The Bertz CT molecular complexity index is 652. The number of anilines is 1. The van der Waals surface area contributed by atoms with Gasteiger partial charge >= 0.3 is 0 Å². The van der Waals surface area contributed by atoms with E-state index in [-0.39, 0.29) is 23.8 Å². The summed E-state index contributed by atoms with van der Waals surface area (Å²) in [5, 5.41) is 2.78. The van der Waals surface area contributed by atoms with Gasteiger partial charge in [0.15, 0.2) is 0 Å². The fourth-order valence-electron chi connectivity index (χ4n) is 3.43. The van der Waals surface area contributed by atoms with Gasteiger partial charge in [0.1, 0.15) is 0 Å². The second kappa shape index (κ2) is 3.79. The number of para-hydroxylation sites is 1. The highest BCUT2D eigenvalue weighted by atomic mass is 16.2. The van der Waals surface area contributed by atoms with Gasteiger partial charge in [-0.15, -0.1) is 0 Å². The molecular formula is C15H12N2O3. The molecule has 1 aromatic carbocycles. The van der Waals surface area contributed by atoms with Gasteiger partial charge in [-0.05, 0) is 12.1 Å². The molecule has 0 radical (unpaired) electrons. The molecular weight excluding hydrogens is 256 g/mol. The summed E-state index contributed by atoms with van der Waals surface area (Å²) in [4.78, 5) is 38.2. The van der Waals surface area contributed by atoms with E-state index in [9.17, 15) is 14.4 Å². The van der Waals surface area contributed by atoms with E-state index < -0.39 is 17.8 Å². The molecule has 0 spiro atoms. The number of carbonyl (C=O) groups excluding carboxylic acids is 3. The quantitative estimate of drug-likeness (QED) is 0.595. The summed E-state index contributed by atoms with van der Waals surface area (Å²) >= 11 is 0. The molecule has 4 atom stereocenters. The standard InChI is InChI=1S/C15H12N2O3/c18-13-9-6-7-10(16-13)12-11(9)14(19)17(15(12)20)8-4-2-1-3-5-8/h1-7,9-12H,(H,16,18)/t9-,10+,11-,12+/m1/s1. The highest BCUT2D eigenvalue weighted by molar-refractivity contribution is 6.24. The van der Waals surface area contributed by atoms with Crippen molar-refractivity contribution in [3.8, 4) is 0 Å². The lowest BCUT2D eigenvalue weighted by molar-refractivity contribution is -0.137. The first-order chi connectivity index (χ1) is 9.68. The Morgan fingerprint density at radius 2 is 1.60 bits per heavy atom. The molecule has 2 bridgehead atoms. The smallest absolute Gasteiger partial charge is 0.240 e. The fourth-order valence-corrected chi connectivity index (χ4v) is 3.43. The first kappa shape index (κ1) is 11.4. The molecule has 4 aliphatic rings. The minimum atomic E-state index is -0.550. The van der Waals surface area contributed by atoms with Gasteiger partial charge in [0.2, 0.25) is 17.7 Å². The largest absolute Gasteiger partial charge is 0.349 e. The van der Waals surface area contributed by atoms with Crippen LogP contribution in [-0.4, -0.2) is 23.8 Å². The molecule has 2 fully saturated rings. The highest BCUT2D eigenvalue weighted by Gasteiger charge is 2.59. The molecule has 0 aromatic heterocycles. The summed E-state index contributed by atoms with van der Waals surface area (Å²) in [6.07, 6.45) is 3.58. The van der Waals surface area contributed by atoms with Crippen LogP contribution in [0.3, 0.4) is 0 Å². The average Bonchev–Trinajstić information content (AvgIpc) is 2.74. The molecule has 3 amide bonds. The number of nitrogens with zero attached hydrogens (tertiary/aromatic N) is 1. The number of hydrogen-bond acceptors (Lipinski definition) is 3. The predicted molar refractivity (Wildman–Crippen MR) is 70.5 cm³/mol. The molecule has 0 unspecified atom stereocenters. The minimum absolute atomic E-state index is 0.158. The van der Waals surface area contributed by atoms with E-state index in [1.54, 1.807) is 30.3 Å². The maximum absolute atomic E-state index is 12.6. The monoisotopic (exact) mass is 268 g/mol. The van der Waals surface area contributed by atoms with Crippen LogP contribution in [0.25, 0.3) is 0 Å². The summed E-state index contributed by atoms with van der Waals surface area (Å²) in [7, 11) is 0. The first-order valence-electron chi connectivity index (χ1n) is 6.60. The van der Waals surface area contributed by atoms with Crippen molar-refractivity contribution in [2.75, 3.05) is 4.90 Å². The molecule has 0 saturated carbocycles. The third-order valence-corrected chi connectivity index (χ3v) is 4.32. The van der Waals surface area contributed by atoms with Crippen molar-refractivity contribution in [3.63, 3.8) is 0 Å². The first-order valence-corrected chi connectivity index (χ1v) is 6.60. The second-order valence-corrected chi connectivity index (χ2v) is 5.34. The van der Waals surface area contributed by atoms with Crippen LogP contribution in [0.5, 0.6) is 0 Å². The topological polar surface area (TPSA) is 66.5 Å². The molecule has 1 aliphatic carbocycles. The molecule has 5 rings (SSSR count). The molecule has 1 aromatic rings. The molecule has 5 heteroatoms. The van der Waals surface area contributed by atoms with Crippen LogP contribution in [0.4, 0.5) is 5.69 Å². The lowest BCUT2D eigenvalue weighted by Crippen LogP contribution is -2.57. The lowest BCUT2D eigenvalue weighted by Gasteiger charge is -2.38. The number of rotatable bonds is 1. The Morgan fingerprint density at radius 3 is 2.30 bits per heavy atom. The van der Waals surface area contributed by atoms with Gasteiger partial charge < -0.3 is 5.32 Å². The van der Waals surface area contributed by atoms with Gasteiger partial charge in [0, 0.05) is 0 Å². The van der Waals surface area contributed by atoms with E-state index in [4.69, 9.17) is 0 Å². The van der Waals surface area contributed by atoms with Crippen molar-refractivity contribution in [1.29, 1.82) is 0 Å². The van der Waals surface area contributed by atoms with Crippen molar-refractivity contribution in [2.45, 2.75) is 6.04 Å². The lowest BCUT2D eigenvalue weighted by atomic mass is 9.71. The Hall–Kier alpha value is -2.43. The van der Waals surface area contributed by atoms with E-state index in [1.807, 2.05) is 12.1 Å². The summed E-state index contributed by atoms with van der Waals surface area (Å²) < 4.78 is 0. The van der Waals surface area contributed by atoms with E-state index in [2.05, 4.69) is 5.32 Å². The second-order valence-electron chi connectivity index (χ2n) is 5.34. The van der Waals surface area contributed by atoms with Gasteiger partial charge in [-0.1, -0.05) is 30.4 Å². The van der Waals surface area contributed by atoms with Gasteiger partial charge in [-0.3, -0.25) is 14.4 Å². The number of amides is 3. The number of benzene rings is 1. The van der Waals surface area contributed by atoms with Crippen molar-refractivity contribution in [2.24, 2.45) is 17.8 Å². The number of imide groups is 1. The molecule has 3 aliphatic heterocycles. The van der Waals surface area contributed by atoms with Gasteiger partial charge in [-0.2, -0.15) is 0 Å². The average molecular weight is 268 g/mol. The molecule has 1 N–H and O–H groups in total. The highest BCUT2D eigenvalue weighted by Crippen LogP contribution is 2.43. The van der Waals surface area contributed by atoms with E-state index in [0.717, 1.165) is 0 Å². The molecule has 2 saturated heterocycles. The van der Waals surface area contributed by atoms with Crippen LogP contribution < -0.4 is 10.2 Å². The van der Waals surface area contributed by atoms with Crippen LogP contribution in [0.1, 0.15) is 0 Å². The SMILES string of the molecule is O=C1N[C@H]2C=C[C@@H]1[C@H]1C(=O)N(c3ccccc3)C(=O)[C@H]12. The summed E-state index contributed by atoms with van der Waals surface area (Å²) in [6.45, 7) is 0. The van der Waals surface area contributed by atoms with E-state index >= 15 is 0 Å². The Morgan fingerprint density at radius 1 is 0.900 bits per heavy atom. The van der Waals surface area contributed by atoms with Crippen LogP contribution in [0.15, 0.2) is 42.5 Å². The normalized spacial score (nSPS) is 34.4.